The lowest BCUT2D eigenvalue weighted by Gasteiger charge is -2.26. The van der Waals surface area contributed by atoms with Crippen LogP contribution in [0.5, 0.6) is 0 Å². The summed E-state index contributed by atoms with van der Waals surface area (Å²) in [5, 5.41) is 4.40. The molecule has 0 heterocycles. The van der Waals surface area contributed by atoms with Crippen molar-refractivity contribution in [1.29, 1.82) is 0 Å². The minimum atomic E-state index is 0.472. The summed E-state index contributed by atoms with van der Waals surface area (Å²) in [6, 6.07) is 6.50. The van der Waals surface area contributed by atoms with Gasteiger partial charge in [0.05, 0.1) is 0 Å². The van der Waals surface area contributed by atoms with Crippen LogP contribution in [0.1, 0.15) is 19.4 Å². The highest BCUT2D eigenvalue weighted by Gasteiger charge is 2.14. The fraction of sp³-hybridized carbons (Fsp3) is 0.571. The molecule has 0 aliphatic heterocycles. The molecule has 0 bridgehead atoms. The number of nitrogens with one attached hydrogen (secondary N) is 1. The van der Waals surface area contributed by atoms with Crippen molar-refractivity contribution in [2.24, 2.45) is 5.92 Å². The highest BCUT2D eigenvalue weighted by molar-refractivity contribution is 9.10. The summed E-state index contributed by atoms with van der Waals surface area (Å²) in [5.41, 5.74) is 1.14. The SMILES string of the molecule is CC(C)C(CN(C)C)NCc1ccc(Br)cc1Cl. The van der Waals surface area contributed by atoms with Crippen LogP contribution < -0.4 is 5.32 Å². The van der Waals surface area contributed by atoms with Gasteiger partial charge in [-0.1, -0.05) is 47.4 Å². The normalized spacial score (nSPS) is 13.3. The van der Waals surface area contributed by atoms with Gasteiger partial charge in [0.2, 0.25) is 0 Å². The lowest BCUT2D eigenvalue weighted by Crippen LogP contribution is -2.41. The third-order valence-corrected chi connectivity index (χ3v) is 3.78. The molecule has 0 aromatic heterocycles. The molecule has 1 atom stereocenters. The molecule has 0 saturated heterocycles. The molecule has 0 saturated carbocycles. The van der Waals surface area contributed by atoms with E-state index >= 15 is 0 Å². The van der Waals surface area contributed by atoms with Crippen LogP contribution in [0.25, 0.3) is 0 Å². The van der Waals surface area contributed by atoms with Gasteiger partial charge in [0, 0.05) is 28.6 Å². The summed E-state index contributed by atoms with van der Waals surface area (Å²) in [5.74, 6) is 0.599. The van der Waals surface area contributed by atoms with E-state index in [4.69, 9.17) is 11.6 Å². The quantitative estimate of drug-likeness (QED) is 0.852. The predicted octanol–water partition coefficient (Wildman–Crippen LogP) is 3.78. The van der Waals surface area contributed by atoms with Crippen molar-refractivity contribution in [1.82, 2.24) is 10.2 Å². The molecule has 1 aromatic carbocycles. The standard InChI is InChI=1S/C14H22BrClN2/c1-10(2)14(9-18(3)4)17-8-11-5-6-12(15)7-13(11)16/h5-7,10,14,17H,8-9H2,1-4H3. The lowest BCUT2D eigenvalue weighted by atomic mass is 10.0. The maximum atomic E-state index is 6.22. The summed E-state index contributed by atoms with van der Waals surface area (Å²) in [7, 11) is 4.20. The monoisotopic (exact) mass is 332 g/mol. The first-order chi connectivity index (χ1) is 8.40. The van der Waals surface area contributed by atoms with Crippen LogP contribution in [0.15, 0.2) is 22.7 Å². The Bertz CT molecular complexity index is 380. The van der Waals surface area contributed by atoms with Gasteiger partial charge in [0.1, 0.15) is 0 Å². The highest BCUT2D eigenvalue weighted by Crippen LogP contribution is 2.21. The molecule has 0 fully saturated rings. The number of likely N-dealkylation sites (N-methyl/N-ethyl adjacent to an activating group) is 1. The summed E-state index contributed by atoms with van der Waals surface area (Å²) in [6.45, 7) is 6.32. The Morgan fingerprint density at radius 3 is 2.50 bits per heavy atom. The minimum Gasteiger partial charge on any atom is -0.308 e. The van der Waals surface area contributed by atoms with Gasteiger partial charge in [-0.05, 0) is 37.7 Å². The molecular weight excluding hydrogens is 312 g/mol. The fourth-order valence-electron chi connectivity index (χ4n) is 1.81. The van der Waals surface area contributed by atoms with Crippen LogP contribution in [0.4, 0.5) is 0 Å². The zero-order valence-electron chi connectivity index (χ0n) is 11.5. The Kier molecular flexibility index (Phi) is 6.64. The Balaban J connectivity index is 2.61. The van der Waals surface area contributed by atoms with Gasteiger partial charge in [-0.2, -0.15) is 0 Å². The molecule has 102 valence electrons. The van der Waals surface area contributed by atoms with E-state index < -0.39 is 0 Å². The predicted molar refractivity (Wildman–Crippen MR) is 83.2 cm³/mol. The number of hydrogen-bond donors (Lipinski definition) is 1. The molecule has 1 N–H and O–H groups in total. The van der Waals surface area contributed by atoms with Crippen molar-refractivity contribution >= 4 is 27.5 Å². The summed E-state index contributed by atoms with van der Waals surface area (Å²) >= 11 is 9.64. The van der Waals surface area contributed by atoms with E-state index in [-0.39, 0.29) is 0 Å². The van der Waals surface area contributed by atoms with Crippen LogP contribution in [0, 0.1) is 5.92 Å². The maximum absolute atomic E-state index is 6.22. The lowest BCUT2D eigenvalue weighted by molar-refractivity contribution is 0.288. The Morgan fingerprint density at radius 2 is 2.00 bits per heavy atom. The number of benzene rings is 1. The first-order valence-corrected chi connectivity index (χ1v) is 7.39. The van der Waals surface area contributed by atoms with Gasteiger partial charge in [-0.3, -0.25) is 0 Å². The largest absolute Gasteiger partial charge is 0.308 e. The smallest absolute Gasteiger partial charge is 0.0462 e. The maximum Gasteiger partial charge on any atom is 0.0462 e. The average Bonchev–Trinajstić information content (AvgIpc) is 2.25. The van der Waals surface area contributed by atoms with Crippen molar-refractivity contribution < 1.29 is 0 Å². The minimum absolute atomic E-state index is 0.472. The molecule has 1 unspecified atom stereocenters. The molecule has 0 radical (unpaired) electrons. The van der Waals surface area contributed by atoms with E-state index in [1.54, 1.807) is 0 Å². The average molecular weight is 334 g/mol. The molecule has 0 aliphatic carbocycles. The van der Waals surface area contributed by atoms with Crippen molar-refractivity contribution in [3.05, 3.63) is 33.3 Å². The van der Waals surface area contributed by atoms with E-state index in [1.807, 2.05) is 12.1 Å². The third-order valence-electron chi connectivity index (χ3n) is 2.94. The second kappa shape index (κ2) is 7.49. The molecule has 1 rings (SSSR count). The third kappa shape index (κ3) is 5.27. The van der Waals surface area contributed by atoms with Gasteiger partial charge < -0.3 is 10.2 Å². The van der Waals surface area contributed by atoms with Crippen molar-refractivity contribution in [3.63, 3.8) is 0 Å². The zero-order valence-corrected chi connectivity index (χ0v) is 13.8. The molecule has 4 heteroatoms. The Labute approximate surface area is 124 Å². The van der Waals surface area contributed by atoms with Gasteiger partial charge in [0.25, 0.3) is 0 Å². The van der Waals surface area contributed by atoms with Gasteiger partial charge >= 0.3 is 0 Å². The fourth-order valence-corrected chi connectivity index (χ4v) is 2.55. The van der Waals surface area contributed by atoms with Crippen molar-refractivity contribution in [2.75, 3.05) is 20.6 Å². The number of nitrogens with zero attached hydrogens (tertiary/aromatic N) is 1. The van der Waals surface area contributed by atoms with Crippen LogP contribution in [0.3, 0.4) is 0 Å². The summed E-state index contributed by atoms with van der Waals surface area (Å²) in [6.07, 6.45) is 0. The molecular formula is C14H22BrClN2. The summed E-state index contributed by atoms with van der Waals surface area (Å²) < 4.78 is 1.02. The van der Waals surface area contributed by atoms with E-state index in [9.17, 15) is 0 Å². The molecule has 0 amide bonds. The second-order valence-corrected chi connectivity index (χ2v) is 6.55. The van der Waals surface area contributed by atoms with Crippen LogP contribution >= 0.6 is 27.5 Å². The zero-order chi connectivity index (χ0) is 13.7. The molecule has 2 nitrogen and oxygen atoms in total. The molecule has 1 aromatic rings. The van der Waals surface area contributed by atoms with Crippen LogP contribution in [-0.4, -0.2) is 31.6 Å². The van der Waals surface area contributed by atoms with Crippen molar-refractivity contribution in [3.8, 4) is 0 Å². The Hall–Kier alpha value is -0.0900. The van der Waals surface area contributed by atoms with E-state index in [0.717, 1.165) is 28.1 Å². The van der Waals surface area contributed by atoms with E-state index in [2.05, 4.69) is 60.2 Å². The van der Waals surface area contributed by atoms with E-state index in [1.165, 1.54) is 0 Å². The first-order valence-electron chi connectivity index (χ1n) is 6.22. The van der Waals surface area contributed by atoms with Crippen molar-refractivity contribution in [2.45, 2.75) is 26.4 Å². The molecule has 0 spiro atoms. The first kappa shape index (κ1) is 16.0. The topological polar surface area (TPSA) is 15.3 Å². The number of rotatable bonds is 6. The Morgan fingerprint density at radius 1 is 1.33 bits per heavy atom. The van der Waals surface area contributed by atoms with Gasteiger partial charge in [-0.25, -0.2) is 0 Å². The highest BCUT2D eigenvalue weighted by atomic mass is 79.9. The van der Waals surface area contributed by atoms with Gasteiger partial charge in [0.15, 0.2) is 0 Å². The number of halogens is 2. The van der Waals surface area contributed by atoms with Crippen LogP contribution in [0.2, 0.25) is 5.02 Å². The summed E-state index contributed by atoms with van der Waals surface area (Å²) in [4.78, 5) is 2.21. The van der Waals surface area contributed by atoms with E-state index in [0.29, 0.717) is 12.0 Å². The molecule has 0 aliphatic rings. The van der Waals surface area contributed by atoms with Crippen LogP contribution in [-0.2, 0) is 6.54 Å². The van der Waals surface area contributed by atoms with Gasteiger partial charge in [-0.15, -0.1) is 0 Å². The second-order valence-electron chi connectivity index (χ2n) is 5.23. The molecule has 18 heavy (non-hydrogen) atoms. The number of hydrogen-bond acceptors (Lipinski definition) is 2.